The van der Waals surface area contributed by atoms with Crippen LogP contribution in [0.5, 0.6) is 0 Å². The third-order valence-electron chi connectivity index (χ3n) is 3.59. The van der Waals surface area contributed by atoms with E-state index in [0.717, 1.165) is 17.2 Å². The van der Waals surface area contributed by atoms with Crippen molar-refractivity contribution in [2.75, 3.05) is 5.32 Å². The normalized spacial score (nSPS) is 12.7. The molecule has 25 heavy (non-hydrogen) atoms. The maximum atomic E-state index is 12.8. The first kappa shape index (κ1) is 20.5. The number of rotatable bonds is 8. The van der Waals surface area contributed by atoms with Gasteiger partial charge in [0.15, 0.2) is 0 Å². The van der Waals surface area contributed by atoms with Crippen molar-refractivity contribution in [2.24, 2.45) is 5.16 Å². The lowest BCUT2D eigenvalue weighted by atomic mass is 10.1. The zero-order valence-electron chi connectivity index (χ0n) is 14.4. The molecule has 0 saturated heterocycles. The molecule has 7 heteroatoms. The molecule has 1 aromatic rings. The van der Waals surface area contributed by atoms with Gasteiger partial charge in [-0.15, -0.1) is 0 Å². The first-order chi connectivity index (χ1) is 11.7. The molecule has 0 heterocycles. The zero-order chi connectivity index (χ0) is 19.0. The standard InChI is InChI=1S/C18H21F3N2O2/c1-5-15(18(19,20)21)9-13(3)14(4)23-25-10-16-12(2)7-6-8-17(16)22-11-24/h6-9,11H,3,5,10H2,1-2,4H3,(H,22,24)/b15-9+,23-14?. The Labute approximate surface area is 145 Å². The van der Waals surface area contributed by atoms with Crippen molar-refractivity contribution < 1.29 is 22.8 Å². The van der Waals surface area contributed by atoms with E-state index < -0.39 is 11.7 Å². The largest absolute Gasteiger partial charge is 0.412 e. The highest BCUT2D eigenvalue weighted by molar-refractivity contribution is 5.99. The van der Waals surface area contributed by atoms with E-state index in [4.69, 9.17) is 4.84 Å². The molecule has 0 unspecified atom stereocenters. The fourth-order valence-corrected chi connectivity index (χ4v) is 2.04. The Morgan fingerprint density at radius 3 is 2.64 bits per heavy atom. The SMILES string of the molecule is C=C(/C=C(\CC)C(F)(F)F)C(C)=NOCc1c(C)cccc1NC=O. The highest BCUT2D eigenvalue weighted by Crippen LogP contribution is 2.29. The van der Waals surface area contributed by atoms with E-state index in [1.54, 1.807) is 12.1 Å². The van der Waals surface area contributed by atoms with Crippen LogP contribution in [0, 0.1) is 6.92 Å². The number of alkyl halides is 3. The maximum absolute atomic E-state index is 12.8. The molecule has 0 aromatic heterocycles. The van der Waals surface area contributed by atoms with Crippen LogP contribution in [0.4, 0.5) is 18.9 Å². The molecule has 136 valence electrons. The van der Waals surface area contributed by atoms with Gasteiger partial charge in [-0.2, -0.15) is 13.2 Å². The smallest absolute Gasteiger partial charge is 0.391 e. The number of oxime groups is 1. The van der Waals surface area contributed by atoms with Crippen LogP contribution in [0.2, 0.25) is 0 Å². The quantitative estimate of drug-likeness (QED) is 0.312. The van der Waals surface area contributed by atoms with Crippen molar-refractivity contribution in [2.45, 2.75) is 40.0 Å². The predicted molar refractivity (Wildman–Crippen MR) is 92.3 cm³/mol. The Balaban J connectivity index is 2.85. The molecule has 1 rings (SSSR count). The van der Waals surface area contributed by atoms with Gasteiger partial charge in [-0.05, 0) is 43.5 Å². The number of hydrogen-bond acceptors (Lipinski definition) is 3. The van der Waals surface area contributed by atoms with Crippen molar-refractivity contribution in [3.8, 4) is 0 Å². The molecule has 0 atom stereocenters. The lowest BCUT2D eigenvalue weighted by Crippen LogP contribution is -2.12. The van der Waals surface area contributed by atoms with Gasteiger partial charge in [0.1, 0.15) is 6.61 Å². The first-order valence-electron chi connectivity index (χ1n) is 7.63. The van der Waals surface area contributed by atoms with Gasteiger partial charge in [0.05, 0.1) is 5.71 Å². The summed E-state index contributed by atoms with van der Waals surface area (Å²) in [6.07, 6.45) is -3.02. The third-order valence-corrected chi connectivity index (χ3v) is 3.59. The summed E-state index contributed by atoms with van der Waals surface area (Å²) in [4.78, 5) is 15.9. The maximum Gasteiger partial charge on any atom is 0.412 e. The number of carbonyl (C=O) groups excluding carboxylic acids is 1. The fourth-order valence-electron chi connectivity index (χ4n) is 2.04. The van der Waals surface area contributed by atoms with Gasteiger partial charge in [-0.3, -0.25) is 4.79 Å². The van der Waals surface area contributed by atoms with Crippen LogP contribution < -0.4 is 5.32 Å². The molecule has 0 aliphatic heterocycles. The van der Waals surface area contributed by atoms with Crippen molar-refractivity contribution in [3.63, 3.8) is 0 Å². The van der Waals surface area contributed by atoms with Crippen LogP contribution in [0.3, 0.4) is 0 Å². The number of nitrogens with one attached hydrogen (secondary N) is 1. The Bertz CT molecular complexity index is 692. The summed E-state index contributed by atoms with van der Waals surface area (Å²) in [5, 5.41) is 6.39. The van der Waals surface area contributed by atoms with Crippen LogP contribution in [-0.4, -0.2) is 18.3 Å². The van der Waals surface area contributed by atoms with E-state index in [0.29, 0.717) is 12.1 Å². The highest BCUT2D eigenvalue weighted by Gasteiger charge is 2.32. The monoisotopic (exact) mass is 354 g/mol. The molecule has 0 bridgehead atoms. The van der Waals surface area contributed by atoms with Gasteiger partial charge < -0.3 is 10.2 Å². The number of halogens is 3. The minimum Gasteiger partial charge on any atom is -0.391 e. The molecule has 0 aliphatic carbocycles. The minimum absolute atomic E-state index is 0.0666. The Morgan fingerprint density at radius 1 is 1.40 bits per heavy atom. The van der Waals surface area contributed by atoms with Crippen molar-refractivity contribution in [1.29, 1.82) is 0 Å². The van der Waals surface area contributed by atoms with Gasteiger partial charge in [0.2, 0.25) is 6.41 Å². The topological polar surface area (TPSA) is 50.7 Å². The van der Waals surface area contributed by atoms with Crippen LogP contribution in [0.25, 0.3) is 0 Å². The molecule has 1 aromatic carbocycles. The van der Waals surface area contributed by atoms with Crippen LogP contribution in [0.15, 0.2) is 47.2 Å². The Morgan fingerprint density at radius 2 is 2.08 bits per heavy atom. The highest BCUT2D eigenvalue weighted by atomic mass is 19.4. The minimum atomic E-state index is -4.39. The number of hydrogen-bond donors (Lipinski definition) is 1. The number of amides is 1. The molecule has 0 fully saturated rings. The molecule has 0 radical (unpaired) electrons. The van der Waals surface area contributed by atoms with E-state index in [2.05, 4.69) is 17.1 Å². The van der Waals surface area contributed by atoms with E-state index in [9.17, 15) is 18.0 Å². The summed E-state index contributed by atoms with van der Waals surface area (Å²) >= 11 is 0. The van der Waals surface area contributed by atoms with Crippen LogP contribution in [-0.2, 0) is 16.2 Å². The molecule has 0 aliphatic rings. The van der Waals surface area contributed by atoms with E-state index >= 15 is 0 Å². The summed E-state index contributed by atoms with van der Waals surface area (Å²) in [6.45, 7) is 8.46. The van der Waals surface area contributed by atoms with E-state index in [1.807, 2.05) is 13.0 Å². The molecule has 1 amide bonds. The van der Waals surface area contributed by atoms with Crippen molar-refractivity contribution >= 4 is 17.8 Å². The average Bonchev–Trinajstić information content (AvgIpc) is 2.53. The van der Waals surface area contributed by atoms with Gasteiger partial charge in [-0.1, -0.05) is 30.8 Å². The Hall–Kier alpha value is -2.57. The van der Waals surface area contributed by atoms with Gasteiger partial charge in [0, 0.05) is 16.8 Å². The molecule has 0 spiro atoms. The number of aryl methyl sites for hydroxylation is 1. The number of nitrogens with zero attached hydrogens (tertiary/aromatic N) is 1. The molecular weight excluding hydrogens is 333 g/mol. The summed E-state index contributed by atoms with van der Waals surface area (Å²) < 4.78 is 38.3. The zero-order valence-corrected chi connectivity index (χ0v) is 14.4. The van der Waals surface area contributed by atoms with Crippen LogP contribution in [0.1, 0.15) is 31.4 Å². The van der Waals surface area contributed by atoms with Crippen molar-refractivity contribution in [3.05, 3.63) is 53.1 Å². The summed E-state index contributed by atoms with van der Waals surface area (Å²) in [7, 11) is 0. The third kappa shape index (κ3) is 6.10. The summed E-state index contributed by atoms with van der Waals surface area (Å²) in [5.74, 6) is 0. The summed E-state index contributed by atoms with van der Waals surface area (Å²) in [5.41, 5.74) is 1.91. The fraction of sp³-hybridized carbons (Fsp3) is 0.333. The second-order valence-corrected chi connectivity index (χ2v) is 5.36. The first-order valence-corrected chi connectivity index (χ1v) is 7.63. The van der Waals surface area contributed by atoms with E-state index in [-0.39, 0.29) is 24.3 Å². The van der Waals surface area contributed by atoms with Crippen molar-refractivity contribution in [1.82, 2.24) is 0 Å². The lowest BCUT2D eigenvalue weighted by Gasteiger charge is -2.12. The Kier molecular flexibility index (Phi) is 7.42. The lowest BCUT2D eigenvalue weighted by molar-refractivity contribution is -0.105. The summed E-state index contributed by atoms with van der Waals surface area (Å²) in [6, 6.07) is 5.36. The number of anilines is 1. The number of benzene rings is 1. The molecule has 4 nitrogen and oxygen atoms in total. The predicted octanol–water partition coefficient (Wildman–Crippen LogP) is 4.91. The molecular formula is C18H21F3N2O2. The second kappa shape index (κ2) is 9.05. The number of allylic oxidation sites excluding steroid dienone is 3. The van der Waals surface area contributed by atoms with Gasteiger partial charge in [-0.25, -0.2) is 0 Å². The molecule has 0 saturated carbocycles. The molecule has 1 N–H and O–H groups in total. The van der Waals surface area contributed by atoms with Gasteiger partial charge >= 0.3 is 6.18 Å². The second-order valence-electron chi connectivity index (χ2n) is 5.36. The van der Waals surface area contributed by atoms with E-state index in [1.165, 1.54) is 13.8 Å². The van der Waals surface area contributed by atoms with Gasteiger partial charge in [0.25, 0.3) is 0 Å². The van der Waals surface area contributed by atoms with Crippen LogP contribution >= 0.6 is 0 Å². The average molecular weight is 354 g/mol. The number of carbonyl (C=O) groups is 1.